The van der Waals surface area contributed by atoms with Gasteiger partial charge in [-0.3, -0.25) is 9.59 Å². The van der Waals surface area contributed by atoms with Crippen molar-refractivity contribution in [3.8, 4) is 0 Å². The maximum atomic E-state index is 12.5. The third-order valence-electron chi connectivity index (χ3n) is 3.72. The standard InChI is InChI=1S/C18H15ClN2O2/c1-10-3-6-15(11(2)7-10)21-18(23)14-9-20-16-8-12(19)4-5-13(16)17(14)22/h3-9H,1-2H3,(H,20,22)(H,21,23). The molecule has 0 unspecified atom stereocenters. The molecule has 0 radical (unpaired) electrons. The van der Waals surface area contributed by atoms with E-state index < -0.39 is 5.91 Å². The van der Waals surface area contributed by atoms with Crippen molar-refractivity contribution in [1.82, 2.24) is 4.98 Å². The van der Waals surface area contributed by atoms with Crippen LogP contribution in [0, 0.1) is 13.8 Å². The molecule has 1 aromatic heterocycles. The van der Waals surface area contributed by atoms with Crippen molar-refractivity contribution in [2.45, 2.75) is 13.8 Å². The molecular formula is C18H15ClN2O2. The molecule has 5 heteroatoms. The number of nitrogens with one attached hydrogen (secondary N) is 2. The van der Waals surface area contributed by atoms with Crippen molar-refractivity contribution >= 4 is 34.1 Å². The minimum atomic E-state index is -0.435. The van der Waals surface area contributed by atoms with Crippen LogP contribution in [0.1, 0.15) is 21.5 Å². The number of benzene rings is 2. The van der Waals surface area contributed by atoms with E-state index in [4.69, 9.17) is 11.6 Å². The number of hydrogen-bond donors (Lipinski definition) is 2. The van der Waals surface area contributed by atoms with Crippen LogP contribution in [0.25, 0.3) is 10.9 Å². The molecule has 0 aliphatic carbocycles. The monoisotopic (exact) mass is 326 g/mol. The SMILES string of the molecule is Cc1ccc(NC(=O)c2c[nH]c3cc(Cl)ccc3c2=O)c(C)c1. The Balaban J connectivity index is 1.99. The van der Waals surface area contributed by atoms with Crippen LogP contribution >= 0.6 is 11.6 Å². The number of rotatable bonds is 2. The summed E-state index contributed by atoms with van der Waals surface area (Å²) in [4.78, 5) is 27.9. The number of pyridine rings is 1. The molecule has 0 fully saturated rings. The van der Waals surface area contributed by atoms with Crippen molar-refractivity contribution < 1.29 is 4.79 Å². The van der Waals surface area contributed by atoms with Crippen molar-refractivity contribution in [3.63, 3.8) is 0 Å². The highest BCUT2D eigenvalue weighted by molar-refractivity contribution is 6.31. The summed E-state index contributed by atoms with van der Waals surface area (Å²) in [5, 5.41) is 3.75. The molecule has 3 rings (SSSR count). The first-order chi connectivity index (χ1) is 11.0. The largest absolute Gasteiger partial charge is 0.360 e. The molecule has 0 saturated heterocycles. The van der Waals surface area contributed by atoms with Gasteiger partial charge in [-0.1, -0.05) is 29.3 Å². The van der Waals surface area contributed by atoms with Gasteiger partial charge in [-0.2, -0.15) is 0 Å². The summed E-state index contributed by atoms with van der Waals surface area (Å²) >= 11 is 5.91. The van der Waals surface area contributed by atoms with Gasteiger partial charge in [0.1, 0.15) is 5.56 Å². The van der Waals surface area contributed by atoms with Crippen LogP contribution in [0.2, 0.25) is 5.02 Å². The zero-order valence-corrected chi connectivity index (χ0v) is 13.5. The van der Waals surface area contributed by atoms with Gasteiger partial charge in [-0.25, -0.2) is 0 Å². The summed E-state index contributed by atoms with van der Waals surface area (Å²) < 4.78 is 0. The number of carbonyl (C=O) groups is 1. The Kier molecular flexibility index (Phi) is 3.92. The van der Waals surface area contributed by atoms with Gasteiger partial charge >= 0.3 is 0 Å². The number of carbonyl (C=O) groups excluding carboxylic acids is 1. The van der Waals surface area contributed by atoms with Crippen molar-refractivity contribution in [2.75, 3.05) is 5.32 Å². The molecule has 0 bridgehead atoms. The summed E-state index contributed by atoms with van der Waals surface area (Å²) in [7, 11) is 0. The van der Waals surface area contributed by atoms with Crippen LogP contribution in [0.3, 0.4) is 0 Å². The summed E-state index contributed by atoms with van der Waals surface area (Å²) in [5.41, 5.74) is 3.10. The van der Waals surface area contributed by atoms with E-state index in [0.717, 1.165) is 11.1 Å². The third-order valence-corrected chi connectivity index (χ3v) is 3.95. The molecule has 0 spiro atoms. The Labute approximate surface area is 138 Å². The van der Waals surface area contributed by atoms with E-state index in [9.17, 15) is 9.59 Å². The molecule has 3 aromatic rings. The van der Waals surface area contributed by atoms with E-state index >= 15 is 0 Å². The smallest absolute Gasteiger partial charge is 0.261 e. The normalized spacial score (nSPS) is 10.7. The number of anilines is 1. The molecule has 0 saturated carbocycles. The van der Waals surface area contributed by atoms with Gasteiger partial charge in [0, 0.05) is 22.3 Å². The molecule has 1 amide bonds. The predicted molar refractivity (Wildman–Crippen MR) is 93.4 cm³/mol. The second kappa shape index (κ2) is 5.89. The Morgan fingerprint density at radius 2 is 1.91 bits per heavy atom. The Hall–Kier alpha value is -2.59. The molecule has 1 heterocycles. The first-order valence-corrected chi connectivity index (χ1v) is 7.53. The second-order valence-corrected chi connectivity index (χ2v) is 5.93. The van der Waals surface area contributed by atoms with Crippen molar-refractivity contribution in [1.29, 1.82) is 0 Å². The predicted octanol–water partition coefficient (Wildman–Crippen LogP) is 4.05. The number of aromatic amines is 1. The van der Waals surface area contributed by atoms with Gasteiger partial charge in [0.15, 0.2) is 0 Å². The van der Waals surface area contributed by atoms with Crippen LogP contribution in [-0.2, 0) is 0 Å². The molecule has 0 aliphatic heterocycles. The van der Waals surface area contributed by atoms with E-state index in [1.54, 1.807) is 18.2 Å². The highest BCUT2D eigenvalue weighted by Crippen LogP contribution is 2.18. The lowest BCUT2D eigenvalue weighted by Gasteiger charge is -2.09. The van der Waals surface area contributed by atoms with Crippen molar-refractivity contribution in [3.05, 3.63) is 74.5 Å². The fourth-order valence-corrected chi connectivity index (χ4v) is 2.68. The van der Waals surface area contributed by atoms with Gasteiger partial charge in [-0.05, 0) is 43.7 Å². The van der Waals surface area contributed by atoms with E-state index in [2.05, 4.69) is 10.3 Å². The molecular weight excluding hydrogens is 312 g/mol. The molecule has 0 aliphatic rings. The number of aryl methyl sites for hydroxylation is 2. The maximum Gasteiger partial charge on any atom is 0.261 e. The minimum absolute atomic E-state index is 0.0693. The lowest BCUT2D eigenvalue weighted by atomic mass is 10.1. The summed E-state index contributed by atoms with van der Waals surface area (Å²) in [6, 6.07) is 10.6. The van der Waals surface area contributed by atoms with Crippen LogP contribution in [-0.4, -0.2) is 10.9 Å². The number of aromatic nitrogens is 1. The molecule has 23 heavy (non-hydrogen) atoms. The van der Waals surface area contributed by atoms with Gasteiger partial charge in [-0.15, -0.1) is 0 Å². The maximum absolute atomic E-state index is 12.5. The summed E-state index contributed by atoms with van der Waals surface area (Å²) in [5.74, 6) is -0.435. The highest BCUT2D eigenvalue weighted by Gasteiger charge is 2.14. The van der Waals surface area contributed by atoms with Gasteiger partial charge in [0.25, 0.3) is 5.91 Å². The average Bonchev–Trinajstić information content (AvgIpc) is 2.50. The topological polar surface area (TPSA) is 62.0 Å². The van der Waals surface area contributed by atoms with Crippen LogP contribution in [0.4, 0.5) is 5.69 Å². The zero-order chi connectivity index (χ0) is 16.6. The number of hydrogen-bond acceptors (Lipinski definition) is 2. The average molecular weight is 327 g/mol. The lowest BCUT2D eigenvalue weighted by Crippen LogP contribution is -2.22. The first-order valence-electron chi connectivity index (χ1n) is 7.15. The van der Waals surface area contributed by atoms with E-state index in [0.29, 0.717) is 21.6 Å². The highest BCUT2D eigenvalue weighted by atomic mass is 35.5. The van der Waals surface area contributed by atoms with Crippen LogP contribution in [0.15, 0.2) is 47.4 Å². The minimum Gasteiger partial charge on any atom is -0.360 e. The summed E-state index contributed by atoms with van der Waals surface area (Å²) in [6.07, 6.45) is 1.42. The van der Waals surface area contributed by atoms with Crippen LogP contribution in [0.5, 0.6) is 0 Å². The van der Waals surface area contributed by atoms with E-state index in [1.165, 1.54) is 6.20 Å². The molecule has 0 atom stereocenters. The fourth-order valence-electron chi connectivity index (χ4n) is 2.51. The Morgan fingerprint density at radius 1 is 1.13 bits per heavy atom. The molecule has 2 aromatic carbocycles. The lowest BCUT2D eigenvalue weighted by molar-refractivity contribution is 0.102. The second-order valence-electron chi connectivity index (χ2n) is 5.49. The van der Waals surface area contributed by atoms with E-state index in [1.807, 2.05) is 32.0 Å². The Bertz CT molecular complexity index is 976. The summed E-state index contributed by atoms with van der Waals surface area (Å²) in [6.45, 7) is 3.90. The Morgan fingerprint density at radius 3 is 2.65 bits per heavy atom. The molecule has 116 valence electrons. The molecule has 2 N–H and O–H groups in total. The number of halogens is 1. The van der Waals surface area contributed by atoms with Crippen LogP contribution < -0.4 is 10.7 Å². The quantitative estimate of drug-likeness (QED) is 0.746. The van der Waals surface area contributed by atoms with Gasteiger partial charge < -0.3 is 10.3 Å². The number of fused-ring (bicyclic) bond motifs is 1. The number of amides is 1. The zero-order valence-electron chi connectivity index (χ0n) is 12.7. The van der Waals surface area contributed by atoms with Crippen molar-refractivity contribution in [2.24, 2.45) is 0 Å². The fraction of sp³-hybridized carbons (Fsp3) is 0.111. The van der Waals surface area contributed by atoms with E-state index in [-0.39, 0.29) is 11.0 Å². The van der Waals surface area contributed by atoms with Gasteiger partial charge in [0.05, 0.1) is 5.52 Å². The third kappa shape index (κ3) is 2.98. The molecule has 4 nitrogen and oxygen atoms in total. The first kappa shape index (κ1) is 15.3. The van der Waals surface area contributed by atoms with Gasteiger partial charge in [0.2, 0.25) is 5.43 Å². The number of H-pyrrole nitrogens is 1.